The van der Waals surface area contributed by atoms with Crippen molar-refractivity contribution in [2.45, 2.75) is 44.9 Å². The Morgan fingerprint density at radius 3 is 2.43 bits per heavy atom. The average molecular weight is 219 g/mol. The van der Waals surface area contributed by atoms with Gasteiger partial charge in [-0.3, -0.25) is 4.79 Å². The summed E-state index contributed by atoms with van der Waals surface area (Å²) in [6, 6.07) is 0.299. The van der Waals surface area contributed by atoms with Gasteiger partial charge in [-0.1, -0.05) is 20.8 Å². The first kappa shape index (κ1) is 13.8. The number of amides is 1. The van der Waals surface area contributed by atoms with Gasteiger partial charge in [-0.25, -0.2) is 0 Å². The van der Waals surface area contributed by atoms with Gasteiger partial charge in [0.15, 0.2) is 0 Å². The van der Waals surface area contributed by atoms with Crippen LogP contribution in [0.5, 0.6) is 0 Å². The highest BCUT2D eigenvalue weighted by atomic mass is 32.2. The number of nitrogens with one attached hydrogen (secondary N) is 1. The molecule has 1 unspecified atom stereocenters. The van der Waals surface area contributed by atoms with Crippen LogP contribution in [0.1, 0.15) is 33.6 Å². The molecule has 0 aliphatic heterocycles. The van der Waals surface area contributed by atoms with E-state index in [-0.39, 0.29) is 17.8 Å². The van der Waals surface area contributed by atoms with Gasteiger partial charge in [-0.15, -0.1) is 11.8 Å². The third-order valence-corrected chi connectivity index (χ3v) is 3.25. The van der Waals surface area contributed by atoms with Gasteiger partial charge in [0.1, 0.15) is 0 Å². The Morgan fingerprint density at radius 2 is 2.00 bits per heavy atom. The highest BCUT2D eigenvalue weighted by Gasteiger charge is 2.09. The zero-order valence-electron chi connectivity index (χ0n) is 9.25. The minimum Gasteiger partial charge on any atom is -0.395 e. The second-order valence-electron chi connectivity index (χ2n) is 3.39. The van der Waals surface area contributed by atoms with E-state index in [9.17, 15) is 4.79 Å². The van der Waals surface area contributed by atoms with E-state index in [1.165, 1.54) is 11.8 Å². The first-order valence-electron chi connectivity index (χ1n) is 5.15. The fourth-order valence-electron chi connectivity index (χ4n) is 1.03. The molecule has 0 heterocycles. The monoisotopic (exact) mass is 219 g/mol. The maximum atomic E-state index is 11.4. The maximum Gasteiger partial charge on any atom is 0.230 e. The lowest BCUT2D eigenvalue weighted by Crippen LogP contribution is -2.35. The first-order chi connectivity index (χ1) is 6.63. The molecule has 0 aliphatic carbocycles. The molecule has 0 aromatic heterocycles. The summed E-state index contributed by atoms with van der Waals surface area (Å²) in [6.45, 7) is 6.17. The molecule has 1 amide bonds. The first-order valence-corrected chi connectivity index (χ1v) is 6.20. The zero-order chi connectivity index (χ0) is 11.0. The standard InChI is InChI=1S/C10H21NO2S/c1-4-9(5-2)11-10(13)7-14-8(3)6-12/h8-9,12H,4-7H2,1-3H3,(H,11,13). The Balaban J connectivity index is 3.64. The van der Waals surface area contributed by atoms with Gasteiger partial charge in [-0.05, 0) is 12.8 Å². The van der Waals surface area contributed by atoms with Crippen LogP contribution < -0.4 is 5.32 Å². The van der Waals surface area contributed by atoms with E-state index in [4.69, 9.17) is 5.11 Å². The summed E-state index contributed by atoms with van der Waals surface area (Å²) >= 11 is 1.49. The predicted octanol–water partition coefficient (Wildman–Crippen LogP) is 1.41. The van der Waals surface area contributed by atoms with Crippen molar-refractivity contribution in [3.63, 3.8) is 0 Å². The van der Waals surface area contributed by atoms with Gasteiger partial charge in [0.05, 0.1) is 12.4 Å². The second-order valence-corrected chi connectivity index (χ2v) is 4.81. The molecular weight excluding hydrogens is 198 g/mol. The molecule has 0 saturated carbocycles. The molecule has 1 atom stereocenters. The highest BCUT2D eigenvalue weighted by molar-refractivity contribution is 8.00. The SMILES string of the molecule is CCC(CC)NC(=O)CSC(C)CO. The van der Waals surface area contributed by atoms with Crippen LogP contribution in [0.3, 0.4) is 0 Å². The molecule has 3 nitrogen and oxygen atoms in total. The molecule has 0 radical (unpaired) electrons. The summed E-state index contributed by atoms with van der Waals surface area (Å²) < 4.78 is 0. The number of rotatable bonds is 7. The molecule has 0 spiro atoms. The quantitative estimate of drug-likeness (QED) is 0.680. The maximum absolute atomic E-state index is 11.4. The topological polar surface area (TPSA) is 49.3 Å². The molecule has 0 rings (SSSR count). The van der Waals surface area contributed by atoms with E-state index in [1.54, 1.807) is 0 Å². The van der Waals surface area contributed by atoms with Crippen LogP contribution in [-0.4, -0.2) is 34.7 Å². The van der Waals surface area contributed by atoms with Gasteiger partial charge in [-0.2, -0.15) is 0 Å². The lowest BCUT2D eigenvalue weighted by molar-refractivity contribution is -0.119. The van der Waals surface area contributed by atoms with Gasteiger partial charge in [0, 0.05) is 11.3 Å². The molecule has 0 fully saturated rings. The smallest absolute Gasteiger partial charge is 0.230 e. The molecule has 84 valence electrons. The molecular formula is C10H21NO2S. The predicted molar refractivity (Wildman–Crippen MR) is 61.5 cm³/mol. The number of aliphatic hydroxyl groups is 1. The third kappa shape index (κ3) is 6.27. The number of thioether (sulfide) groups is 1. The van der Waals surface area contributed by atoms with Crippen molar-refractivity contribution in [3.8, 4) is 0 Å². The van der Waals surface area contributed by atoms with E-state index < -0.39 is 0 Å². The van der Waals surface area contributed by atoms with Gasteiger partial charge in [0.2, 0.25) is 5.91 Å². The minimum atomic E-state index is 0.0731. The van der Waals surface area contributed by atoms with E-state index in [2.05, 4.69) is 19.2 Å². The molecule has 4 heteroatoms. The molecule has 14 heavy (non-hydrogen) atoms. The Labute approximate surface area is 90.7 Å². The number of hydrogen-bond acceptors (Lipinski definition) is 3. The van der Waals surface area contributed by atoms with E-state index in [0.29, 0.717) is 11.8 Å². The molecule has 0 aliphatic rings. The fourth-order valence-corrected chi connectivity index (χ4v) is 1.66. The van der Waals surface area contributed by atoms with E-state index in [1.807, 2.05) is 6.92 Å². The van der Waals surface area contributed by atoms with Crippen LogP contribution >= 0.6 is 11.8 Å². The fraction of sp³-hybridized carbons (Fsp3) is 0.900. The third-order valence-electron chi connectivity index (χ3n) is 2.11. The molecule has 0 bridgehead atoms. The number of aliphatic hydroxyl groups excluding tert-OH is 1. The lowest BCUT2D eigenvalue weighted by Gasteiger charge is -2.15. The number of carbonyl (C=O) groups is 1. The summed E-state index contributed by atoms with van der Waals surface area (Å²) in [5.41, 5.74) is 0. The molecule has 0 aromatic carbocycles. The van der Waals surface area contributed by atoms with Gasteiger partial charge < -0.3 is 10.4 Å². The van der Waals surface area contributed by atoms with E-state index >= 15 is 0 Å². The van der Waals surface area contributed by atoms with Crippen molar-refractivity contribution in [1.29, 1.82) is 0 Å². The van der Waals surface area contributed by atoms with Crippen LogP contribution in [0.2, 0.25) is 0 Å². The number of carbonyl (C=O) groups excluding carboxylic acids is 1. The van der Waals surface area contributed by atoms with Crippen molar-refractivity contribution in [2.24, 2.45) is 0 Å². The second kappa shape index (κ2) is 8.12. The van der Waals surface area contributed by atoms with Crippen LogP contribution in [0.15, 0.2) is 0 Å². The van der Waals surface area contributed by atoms with Crippen molar-refractivity contribution < 1.29 is 9.90 Å². The van der Waals surface area contributed by atoms with Crippen LogP contribution in [0, 0.1) is 0 Å². The summed E-state index contributed by atoms with van der Waals surface area (Å²) in [7, 11) is 0. The summed E-state index contributed by atoms with van der Waals surface area (Å²) in [6.07, 6.45) is 1.95. The Hall–Kier alpha value is -0.220. The minimum absolute atomic E-state index is 0.0731. The Bertz CT molecular complexity index is 160. The Morgan fingerprint density at radius 1 is 1.43 bits per heavy atom. The van der Waals surface area contributed by atoms with Crippen LogP contribution in [-0.2, 0) is 4.79 Å². The van der Waals surface area contributed by atoms with Gasteiger partial charge in [0.25, 0.3) is 0 Å². The summed E-state index contributed by atoms with van der Waals surface area (Å²) in [5, 5.41) is 11.9. The summed E-state index contributed by atoms with van der Waals surface area (Å²) in [4.78, 5) is 11.4. The van der Waals surface area contributed by atoms with Gasteiger partial charge >= 0.3 is 0 Å². The summed E-state index contributed by atoms with van der Waals surface area (Å²) in [5.74, 6) is 0.516. The molecule has 0 saturated heterocycles. The average Bonchev–Trinajstić information content (AvgIpc) is 2.22. The van der Waals surface area contributed by atoms with Crippen molar-refractivity contribution in [2.75, 3.05) is 12.4 Å². The van der Waals surface area contributed by atoms with Crippen molar-refractivity contribution in [1.82, 2.24) is 5.32 Å². The Kier molecular flexibility index (Phi) is 7.99. The van der Waals surface area contributed by atoms with Crippen molar-refractivity contribution in [3.05, 3.63) is 0 Å². The van der Waals surface area contributed by atoms with Crippen LogP contribution in [0.4, 0.5) is 0 Å². The largest absolute Gasteiger partial charge is 0.395 e. The lowest BCUT2D eigenvalue weighted by atomic mass is 10.2. The molecule has 2 N–H and O–H groups in total. The normalized spacial score (nSPS) is 12.9. The zero-order valence-corrected chi connectivity index (χ0v) is 10.1. The van der Waals surface area contributed by atoms with Crippen molar-refractivity contribution >= 4 is 17.7 Å². The number of hydrogen-bond donors (Lipinski definition) is 2. The highest BCUT2D eigenvalue weighted by Crippen LogP contribution is 2.08. The van der Waals surface area contributed by atoms with Crippen LogP contribution in [0.25, 0.3) is 0 Å². The van der Waals surface area contributed by atoms with E-state index in [0.717, 1.165) is 12.8 Å². The molecule has 0 aromatic rings.